The molecule has 0 atom stereocenters. The number of benzene rings is 1. The van der Waals surface area contributed by atoms with Crippen LogP contribution >= 0.6 is 15.9 Å². The van der Waals surface area contributed by atoms with E-state index in [-0.39, 0.29) is 0 Å². The molecule has 0 heterocycles. The maximum atomic E-state index is 5.63. The van der Waals surface area contributed by atoms with Crippen LogP contribution in [-0.4, -0.2) is 33.5 Å². The van der Waals surface area contributed by atoms with Gasteiger partial charge in [-0.3, -0.25) is 0 Å². The van der Waals surface area contributed by atoms with Crippen LogP contribution in [0.25, 0.3) is 0 Å². The second kappa shape index (κ2) is 12.4. The Balaban J connectivity index is 2.39. The first-order valence-corrected chi connectivity index (χ1v) is 8.90. The Kier molecular flexibility index (Phi) is 10.8. The predicted molar refractivity (Wildman–Crippen MR) is 98.4 cm³/mol. The van der Waals surface area contributed by atoms with Gasteiger partial charge < -0.3 is 19.5 Å². The summed E-state index contributed by atoms with van der Waals surface area (Å²) < 4.78 is 17.5. The van der Waals surface area contributed by atoms with Crippen LogP contribution in [0.5, 0.6) is 11.5 Å². The fourth-order valence-electron chi connectivity index (χ4n) is 2.04. The molecule has 0 radical (unpaired) electrons. The highest BCUT2D eigenvalue weighted by molar-refractivity contribution is 9.10. The molecule has 1 aromatic rings. The quantitative estimate of drug-likeness (QED) is 0.405. The fourth-order valence-corrected chi connectivity index (χ4v) is 2.64. The average molecular weight is 386 g/mol. The number of rotatable bonds is 13. The molecule has 1 rings (SSSR count). The van der Waals surface area contributed by atoms with E-state index in [1.165, 1.54) is 6.42 Å². The zero-order valence-corrected chi connectivity index (χ0v) is 15.8. The maximum Gasteiger partial charge on any atom is 0.175 e. The highest BCUT2D eigenvalue weighted by Crippen LogP contribution is 2.36. The van der Waals surface area contributed by atoms with E-state index in [1.54, 1.807) is 13.2 Å². The van der Waals surface area contributed by atoms with Crippen LogP contribution in [-0.2, 0) is 11.3 Å². The average Bonchev–Trinajstić information content (AvgIpc) is 2.55. The molecule has 0 saturated heterocycles. The summed E-state index contributed by atoms with van der Waals surface area (Å²) >= 11 is 3.54. The molecular formula is C18H28BrNO3. The maximum absolute atomic E-state index is 5.63. The van der Waals surface area contributed by atoms with E-state index in [4.69, 9.17) is 14.2 Å². The molecule has 130 valence electrons. The second-order valence-corrected chi connectivity index (χ2v) is 6.06. The first-order chi connectivity index (χ1) is 11.2. The number of hydrogen-bond donors (Lipinski definition) is 1. The summed E-state index contributed by atoms with van der Waals surface area (Å²) in [5, 5.41) is 3.42. The third kappa shape index (κ3) is 7.86. The van der Waals surface area contributed by atoms with E-state index in [1.807, 2.05) is 12.1 Å². The Bertz CT molecular complexity index is 466. The highest BCUT2D eigenvalue weighted by Gasteiger charge is 2.11. The molecule has 0 saturated carbocycles. The van der Waals surface area contributed by atoms with E-state index in [9.17, 15) is 0 Å². The first-order valence-electron chi connectivity index (χ1n) is 8.11. The van der Waals surface area contributed by atoms with Crippen LogP contribution in [0.1, 0.15) is 31.7 Å². The van der Waals surface area contributed by atoms with E-state index < -0.39 is 0 Å². The second-order valence-electron chi connectivity index (χ2n) is 5.20. The number of methoxy groups -OCH3 is 1. The Morgan fingerprint density at radius 2 is 2.04 bits per heavy atom. The summed E-state index contributed by atoms with van der Waals surface area (Å²) in [6.07, 6.45) is 5.05. The van der Waals surface area contributed by atoms with Crippen molar-refractivity contribution in [3.8, 4) is 11.5 Å². The molecule has 1 N–H and O–H groups in total. The number of hydrogen-bond acceptors (Lipinski definition) is 4. The van der Waals surface area contributed by atoms with E-state index in [0.717, 1.165) is 54.9 Å². The van der Waals surface area contributed by atoms with Gasteiger partial charge in [-0.15, -0.1) is 0 Å². The smallest absolute Gasteiger partial charge is 0.175 e. The number of halogens is 1. The van der Waals surface area contributed by atoms with Crippen LogP contribution in [0.4, 0.5) is 0 Å². The molecule has 0 bridgehead atoms. The minimum atomic E-state index is 0.449. The zero-order chi connectivity index (χ0) is 16.9. The van der Waals surface area contributed by atoms with Crippen molar-refractivity contribution < 1.29 is 14.2 Å². The lowest BCUT2D eigenvalue weighted by atomic mass is 10.2. The summed E-state index contributed by atoms with van der Waals surface area (Å²) in [6, 6.07) is 4.04. The number of nitrogens with one attached hydrogen (secondary N) is 1. The monoisotopic (exact) mass is 385 g/mol. The van der Waals surface area contributed by atoms with Gasteiger partial charge >= 0.3 is 0 Å². The van der Waals surface area contributed by atoms with Gasteiger partial charge in [0.05, 0.1) is 11.6 Å². The van der Waals surface area contributed by atoms with Gasteiger partial charge in [-0.25, -0.2) is 0 Å². The molecule has 0 aliphatic carbocycles. The molecule has 0 amide bonds. The van der Waals surface area contributed by atoms with Gasteiger partial charge in [0.25, 0.3) is 0 Å². The Morgan fingerprint density at radius 1 is 1.26 bits per heavy atom. The van der Waals surface area contributed by atoms with E-state index >= 15 is 0 Å². The lowest BCUT2D eigenvalue weighted by Gasteiger charge is -2.14. The molecular weight excluding hydrogens is 358 g/mol. The molecule has 0 spiro atoms. The summed E-state index contributed by atoms with van der Waals surface area (Å²) in [6.45, 7) is 9.68. The molecule has 0 aliphatic rings. The third-order valence-corrected chi connectivity index (χ3v) is 3.84. The van der Waals surface area contributed by atoms with E-state index in [2.05, 4.69) is 34.7 Å². The van der Waals surface area contributed by atoms with Gasteiger partial charge in [-0.1, -0.05) is 26.0 Å². The van der Waals surface area contributed by atoms with Crippen molar-refractivity contribution in [2.45, 2.75) is 32.7 Å². The number of ether oxygens (including phenoxy) is 3. The van der Waals surface area contributed by atoms with Crippen molar-refractivity contribution in [1.82, 2.24) is 5.32 Å². The van der Waals surface area contributed by atoms with Crippen LogP contribution in [0.15, 0.2) is 29.3 Å². The molecule has 0 fully saturated rings. The van der Waals surface area contributed by atoms with Crippen LogP contribution in [0.3, 0.4) is 0 Å². The lowest BCUT2D eigenvalue weighted by Crippen LogP contribution is -2.16. The normalized spacial score (nSPS) is 10.6. The minimum Gasteiger partial charge on any atom is -0.493 e. The van der Waals surface area contributed by atoms with Crippen LogP contribution < -0.4 is 14.8 Å². The minimum absolute atomic E-state index is 0.449. The van der Waals surface area contributed by atoms with Gasteiger partial charge in [0.15, 0.2) is 11.5 Å². The molecule has 5 heteroatoms. The Labute approximate surface area is 148 Å². The van der Waals surface area contributed by atoms with Gasteiger partial charge in [0, 0.05) is 19.8 Å². The predicted octanol–water partition coefficient (Wildman–Crippen LogP) is 4.32. The van der Waals surface area contributed by atoms with Crippen LogP contribution in [0.2, 0.25) is 0 Å². The largest absolute Gasteiger partial charge is 0.493 e. The SMILES string of the molecule is C=CCOc1c(Br)cc(CNCCCOCCCC)cc1OC. The summed E-state index contributed by atoms with van der Waals surface area (Å²) in [5.74, 6) is 1.43. The topological polar surface area (TPSA) is 39.7 Å². The Morgan fingerprint density at radius 3 is 2.74 bits per heavy atom. The zero-order valence-electron chi connectivity index (χ0n) is 14.2. The van der Waals surface area contributed by atoms with Gasteiger partial charge in [0.1, 0.15) is 6.61 Å². The molecule has 23 heavy (non-hydrogen) atoms. The van der Waals surface area contributed by atoms with Crippen molar-refractivity contribution in [3.05, 3.63) is 34.8 Å². The highest BCUT2D eigenvalue weighted by atomic mass is 79.9. The van der Waals surface area contributed by atoms with Gasteiger partial charge in [-0.2, -0.15) is 0 Å². The summed E-state index contributed by atoms with van der Waals surface area (Å²) in [5.41, 5.74) is 1.14. The van der Waals surface area contributed by atoms with Crippen molar-refractivity contribution in [1.29, 1.82) is 0 Å². The van der Waals surface area contributed by atoms with Gasteiger partial charge in [0.2, 0.25) is 0 Å². The fraction of sp³-hybridized carbons (Fsp3) is 0.556. The van der Waals surface area contributed by atoms with Crippen molar-refractivity contribution in [2.75, 3.05) is 33.5 Å². The van der Waals surface area contributed by atoms with E-state index in [0.29, 0.717) is 12.4 Å². The van der Waals surface area contributed by atoms with Crippen molar-refractivity contribution in [3.63, 3.8) is 0 Å². The molecule has 0 aliphatic heterocycles. The lowest BCUT2D eigenvalue weighted by molar-refractivity contribution is 0.129. The molecule has 0 aromatic heterocycles. The molecule has 4 nitrogen and oxygen atoms in total. The first kappa shape index (κ1) is 20.0. The summed E-state index contributed by atoms with van der Waals surface area (Å²) in [7, 11) is 1.65. The third-order valence-electron chi connectivity index (χ3n) is 3.25. The van der Waals surface area contributed by atoms with Crippen molar-refractivity contribution in [2.24, 2.45) is 0 Å². The molecule has 1 aromatic carbocycles. The Hall–Kier alpha value is -1.04. The number of unbranched alkanes of at least 4 members (excludes halogenated alkanes) is 1. The van der Waals surface area contributed by atoms with Gasteiger partial charge in [-0.05, 0) is 53.0 Å². The summed E-state index contributed by atoms with van der Waals surface area (Å²) in [4.78, 5) is 0. The molecule has 0 unspecified atom stereocenters. The van der Waals surface area contributed by atoms with Crippen LogP contribution in [0, 0.1) is 0 Å². The van der Waals surface area contributed by atoms with Crippen molar-refractivity contribution >= 4 is 15.9 Å². The standard InChI is InChI=1S/C18H28BrNO3/c1-4-6-10-22-11-7-8-20-14-15-12-16(19)18(23-9-5-2)17(13-15)21-3/h5,12-13,20H,2,4,6-11,14H2,1,3H3.